The monoisotopic (exact) mass is 294 g/mol. The van der Waals surface area contributed by atoms with E-state index in [0.29, 0.717) is 6.42 Å². The highest BCUT2D eigenvalue weighted by Gasteiger charge is 2.06. The average molecular weight is 295 g/mol. The number of amides is 1. The van der Waals surface area contributed by atoms with E-state index in [1.54, 1.807) is 19.0 Å². The highest BCUT2D eigenvalue weighted by atomic mass is 79.9. The molecule has 0 N–H and O–H groups in total. The van der Waals surface area contributed by atoms with Crippen molar-refractivity contribution in [3.63, 3.8) is 0 Å². The van der Waals surface area contributed by atoms with E-state index in [-0.39, 0.29) is 5.91 Å². The summed E-state index contributed by atoms with van der Waals surface area (Å²) in [5.41, 5.74) is 1.16. The fourth-order valence-electron chi connectivity index (χ4n) is 1.79. The fraction of sp³-hybridized carbons (Fsp3) is 0.308. The van der Waals surface area contributed by atoms with Crippen molar-refractivity contribution in [1.29, 1.82) is 0 Å². The molecule has 0 aliphatic heterocycles. The Bertz CT molecular complexity index is 545. The van der Waals surface area contributed by atoms with E-state index in [1.807, 2.05) is 12.3 Å². The predicted molar refractivity (Wildman–Crippen MR) is 72.9 cm³/mol. The molecule has 1 heterocycles. The quantitative estimate of drug-likeness (QED) is 0.854. The van der Waals surface area contributed by atoms with Crippen molar-refractivity contribution in [1.82, 2.24) is 9.47 Å². The Hall–Kier alpha value is -1.29. The van der Waals surface area contributed by atoms with Gasteiger partial charge in [-0.15, -0.1) is 0 Å². The van der Waals surface area contributed by atoms with Crippen LogP contribution in [0.3, 0.4) is 0 Å². The van der Waals surface area contributed by atoms with E-state index in [1.165, 1.54) is 5.39 Å². The van der Waals surface area contributed by atoms with Gasteiger partial charge in [-0.1, -0.05) is 22.0 Å². The van der Waals surface area contributed by atoms with Crippen molar-refractivity contribution < 1.29 is 4.79 Å². The summed E-state index contributed by atoms with van der Waals surface area (Å²) in [5.74, 6) is 0.154. The van der Waals surface area contributed by atoms with Gasteiger partial charge < -0.3 is 9.47 Å². The van der Waals surface area contributed by atoms with E-state index >= 15 is 0 Å². The van der Waals surface area contributed by atoms with Crippen molar-refractivity contribution in [2.75, 3.05) is 14.1 Å². The van der Waals surface area contributed by atoms with Gasteiger partial charge in [0.05, 0.1) is 0 Å². The molecular formula is C13H15BrN2O. The summed E-state index contributed by atoms with van der Waals surface area (Å²) in [5, 5.41) is 1.20. The molecule has 0 aliphatic carbocycles. The van der Waals surface area contributed by atoms with Gasteiger partial charge in [-0.2, -0.15) is 0 Å². The number of carbonyl (C=O) groups is 1. The Balaban J connectivity index is 2.19. The van der Waals surface area contributed by atoms with E-state index < -0.39 is 0 Å². The number of halogens is 1. The molecule has 0 aliphatic rings. The standard InChI is InChI=1S/C13H15BrN2O/c1-15(2)13(17)6-8-16-7-5-10-3-4-11(14)9-12(10)16/h3-5,7,9H,6,8H2,1-2H3. The second-order valence-corrected chi connectivity index (χ2v) is 5.17. The maximum atomic E-state index is 11.5. The van der Waals surface area contributed by atoms with Crippen LogP contribution in [-0.2, 0) is 11.3 Å². The van der Waals surface area contributed by atoms with Gasteiger partial charge in [0, 0.05) is 43.2 Å². The second-order valence-electron chi connectivity index (χ2n) is 4.25. The number of benzene rings is 1. The van der Waals surface area contributed by atoms with E-state index in [0.717, 1.165) is 16.5 Å². The van der Waals surface area contributed by atoms with E-state index in [4.69, 9.17) is 0 Å². The molecule has 0 saturated heterocycles. The summed E-state index contributed by atoms with van der Waals surface area (Å²) in [4.78, 5) is 13.2. The third-order valence-electron chi connectivity index (χ3n) is 2.80. The first-order valence-corrected chi connectivity index (χ1v) is 6.32. The van der Waals surface area contributed by atoms with Gasteiger partial charge >= 0.3 is 0 Å². The first-order chi connectivity index (χ1) is 8.08. The molecule has 90 valence electrons. The van der Waals surface area contributed by atoms with Gasteiger partial charge in [0.1, 0.15) is 0 Å². The van der Waals surface area contributed by atoms with Gasteiger partial charge in [0.25, 0.3) is 0 Å². The molecule has 1 amide bonds. The molecular weight excluding hydrogens is 280 g/mol. The number of aromatic nitrogens is 1. The summed E-state index contributed by atoms with van der Waals surface area (Å²) in [7, 11) is 3.57. The lowest BCUT2D eigenvalue weighted by atomic mass is 10.2. The minimum atomic E-state index is 0.154. The Morgan fingerprint density at radius 1 is 1.35 bits per heavy atom. The number of rotatable bonds is 3. The topological polar surface area (TPSA) is 25.2 Å². The van der Waals surface area contributed by atoms with Crippen LogP contribution in [-0.4, -0.2) is 29.5 Å². The average Bonchev–Trinajstić information content (AvgIpc) is 2.68. The van der Waals surface area contributed by atoms with Gasteiger partial charge in [0.2, 0.25) is 5.91 Å². The van der Waals surface area contributed by atoms with Crippen LogP contribution in [0.5, 0.6) is 0 Å². The number of fused-ring (bicyclic) bond motifs is 1. The van der Waals surface area contributed by atoms with Gasteiger partial charge in [-0.25, -0.2) is 0 Å². The molecule has 17 heavy (non-hydrogen) atoms. The Morgan fingerprint density at radius 3 is 2.82 bits per heavy atom. The van der Waals surface area contributed by atoms with Crippen molar-refractivity contribution in [3.05, 3.63) is 34.9 Å². The maximum Gasteiger partial charge on any atom is 0.223 e. The first-order valence-electron chi connectivity index (χ1n) is 5.52. The number of nitrogens with zero attached hydrogens (tertiary/aromatic N) is 2. The fourth-order valence-corrected chi connectivity index (χ4v) is 2.14. The molecule has 1 aromatic carbocycles. The first kappa shape index (κ1) is 12.2. The van der Waals surface area contributed by atoms with E-state index in [2.05, 4.69) is 38.7 Å². The molecule has 0 radical (unpaired) electrons. The van der Waals surface area contributed by atoms with Crippen LogP contribution in [0.4, 0.5) is 0 Å². The predicted octanol–water partition coefficient (Wildman–Crippen LogP) is 2.88. The highest BCUT2D eigenvalue weighted by Crippen LogP contribution is 2.21. The molecule has 3 nitrogen and oxygen atoms in total. The lowest BCUT2D eigenvalue weighted by Crippen LogP contribution is -2.22. The molecule has 0 saturated carbocycles. The van der Waals surface area contributed by atoms with Gasteiger partial charge in [-0.05, 0) is 23.6 Å². The molecule has 0 atom stereocenters. The van der Waals surface area contributed by atoms with E-state index in [9.17, 15) is 4.79 Å². The zero-order valence-corrected chi connectivity index (χ0v) is 11.6. The molecule has 0 unspecified atom stereocenters. The zero-order chi connectivity index (χ0) is 12.4. The lowest BCUT2D eigenvalue weighted by molar-refractivity contribution is -0.128. The summed E-state index contributed by atoms with van der Waals surface area (Å²) >= 11 is 3.47. The molecule has 2 aromatic rings. The molecule has 0 fully saturated rings. The third kappa shape index (κ3) is 2.69. The molecule has 0 bridgehead atoms. The van der Waals surface area contributed by atoms with Crippen LogP contribution in [0, 0.1) is 0 Å². The third-order valence-corrected chi connectivity index (χ3v) is 3.29. The summed E-state index contributed by atoms with van der Waals surface area (Å²) in [6.07, 6.45) is 2.56. The van der Waals surface area contributed by atoms with Crippen LogP contribution in [0.25, 0.3) is 10.9 Å². The molecule has 1 aromatic heterocycles. The SMILES string of the molecule is CN(C)C(=O)CCn1ccc2ccc(Br)cc21. The van der Waals surface area contributed by atoms with Crippen molar-refractivity contribution in [3.8, 4) is 0 Å². The number of aryl methyl sites for hydroxylation is 1. The minimum Gasteiger partial charge on any atom is -0.349 e. The van der Waals surface area contributed by atoms with Gasteiger partial charge in [-0.3, -0.25) is 4.79 Å². The normalized spacial score (nSPS) is 10.8. The smallest absolute Gasteiger partial charge is 0.223 e. The minimum absolute atomic E-state index is 0.154. The van der Waals surface area contributed by atoms with Crippen molar-refractivity contribution in [2.45, 2.75) is 13.0 Å². The summed E-state index contributed by atoms with van der Waals surface area (Å²) in [6.45, 7) is 0.719. The Morgan fingerprint density at radius 2 is 2.12 bits per heavy atom. The molecule has 4 heteroatoms. The van der Waals surface area contributed by atoms with Crippen LogP contribution in [0.15, 0.2) is 34.9 Å². The summed E-state index contributed by atoms with van der Waals surface area (Å²) in [6, 6.07) is 8.25. The largest absolute Gasteiger partial charge is 0.349 e. The van der Waals surface area contributed by atoms with Crippen molar-refractivity contribution in [2.24, 2.45) is 0 Å². The zero-order valence-electron chi connectivity index (χ0n) is 9.98. The second kappa shape index (κ2) is 4.92. The lowest BCUT2D eigenvalue weighted by Gasteiger charge is -2.11. The Kier molecular flexibility index (Phi) is 3.52. The number of hydrogen-bond donors (Lipinski definition) is 0. The van der Waals surface area contributed by atoms with Crippen LogP contribution in [0.2, 0.25) is 0 Å². The summed E-state index contributed by atoms with van der Waals surface area (Å²) < 4.78 is 3.17. The number of carbonyl (C=O) groups excluding carboxylic acids is 1. The molecule has 0 spiro atoms. The molecule has 2 rings (SSSR count). The highest BCUT2D eigenvalue weighted by molar-refractivity contribution is 9.10. The van der Waals surface area contributed by atoms with Crippen LogP contribution >= 0.6 is 15.9 Å². The van der Waals surface area contributed by atoms with Gasteiger partial charge in [0.15, 0.2) is 0 Å². The van der Waals surface area contributed by atoms with Crippen molar-refractivity contribution >= 4 is 32.7 Å². The van der Waals surface area contributed by atoms with Crippen LogP contribution < -0.4 is 0 Å². The Labute approximate surface area is 109 Å². The number of hydrogen-bond acceptors (Lipinski definition) is 1. The maximum absolute atomic E-state index is 11.5. The van der Waals surface area contributed by atoms with Crippen LogP contribution in [0.1, 0.15) is 6.42 Å².